The number of ether oxygens (including phenoxy) is 2. The van der Waals surface area contributed by atoms with Gasteiger partial charge in [-0.25, -0.2) is 4.79 Å². The largest absolute Gasteiger partial charge is 0.454 e. The topological polar surface area (TPSA) is 86.7 Å². The van der Waals surface area contributed by atoms with Gasteiger partial charge >= 0.3 is 5.97 Å². The van der Waals surface area contributed by atoms with Crippen molar-refractivity contribution in [2.45, 2.75) is 58.7 Å². The molecule has 6 nitrogen and oxygen atoms in total. The lowest BCUT2D eigenvalue weighted by Gasteiger charge is -2.20. The molecule has 1 aliphatic heterocycles. The molecule has 2 unspecified atom stereocenters. The number of esters is 1. The van der Waals surface area contributed by atoms with Gasteiger partial charge in [-0.2, -0.15) is 0 Å². The smallest absolute Gasteiger partial charge is 0.334 e. The highest BCUT2D eigenvalue weighted by atomic mass is 16.5. The van der Waals surface area contributed by atoms with Crippen LogP contribution in [0.1, 0.15) is 46.5 Å². The van der Waals surface area contributed by atoms with Gasteiger partial charge in [-0.1, -0.05) is 17.7 Å². The van der Waals surface area contributed by atoms with E-state index in [-0.39, 0.29) is 43.2 Å². The van der Waals surface area contributed by atoms with Crippen LogP contribution in [-0.2, 0) is 28.7 Å². The molecule has 6 heteroatoms. The highest BCUT2D eigenvalue weighted by molar-refractivity contribution is 6.01. The van der Waals surface area contributed by atoms with E-state index in [0.29, 0.717) is 17.6 Å². The van der Waals surface area contributed by atoms with E-state index in [0.717, 1.165) is 5.57 Å². The monoisotopic (exact) mass is 374 g/mol. The Morgan fingerprint density at radius 1 is 1.19 bits per heavy atom. The summed E-state index contributed by atoms with van der Waals surface area (Å²) in [6.07, 6.45) is 1.82. The molecule has 0 saturated heterocycles. The quantitative estimate of drug-likeness (QED) is 0.558. The number of Topliss-reactive ketones (excluding diaryl/α,β-unsaturated/α-hetero) is 2. The molecule has 146 valence electrons. The van der Waals surface area contributed by atoms with E-state index >= 15 is 0 Å². The van der Waals surface area contributed by atoms with Crippen LogP contribution in [0.2, 0.25) is 0 Å². The minimum absolute atomic E-state index is 0.0767. The van der Waals surface area contributed by atoms with Crippen LogP contribution in [-0.4, -0.2) is 42.1 Å². The predicted octanol–water partition coefficient (Wildman–Crippen LogP) is 2.66. The van der Waals surface area contributed by atoms with Crippen LogP contribution in [0.5, 0.6) is 0 Å². The van der Waals surface area contributed by atoms with E-state index in [1.54, 1.807) is 26.8 Å². The summed E-state index contributed by atoms with van der Waals surface area (Å²) in [4.78, 5) is 49.8. The Kier molecular flexibility index (Phi) is 7.02. The zero-order valence-corrected chi connectivity index (χ0v) is 16.1. The molecule has 0 amide bonds. The summed E-state index contributed by atoms with van der Waals surface area (Å²) in [7, 11) is 0. The van der Waals surface area contributed by atoms with Crippen LogP contribution in [0, 0.1) is 5.92 Å². The summed E-state index contributed by atoms with van der Waals surface area (Å²) in [6.45, 7) is 9.30. The molecule has 0 radical (unpaired) electrons. The molecule has 0 aromatic heterocycles. The average Bonchev–Trinajstić information content (AvgIpc) is 2.89. The number of ketones is 3. The Bertz CT molecular complexity index is 727. The first-order chi connectivity index (χ1) is 12.7. The summed E-state index contributed by atoms with van der Waals surface area (Å²) < 4.78 is 10.7. The van der Waals surface area contributed by atoms with Crippen LogP contribution >= 0.6 is 0 Å². The second kappa shape index (κ2) is 9.04. The number of hydrogen-bond donors (Lipinski definition) is 0. The van der Waals surface area contributed by atoms with Crippen molar-refractivity contribution < 1.29 is 28.7 Å². The third kappa shape index (κ3) is 5.57. The molecule has 1 heterocycles. The van der Waals surface area contributed by atoms with Crippen molar-refractivity contribution in [1.82, 2.24) is 0 Å². The Hall–Kier alpha value is -2.34. The van der Waals surface area contributed by atoms with Gasteiger partial charge in [0.15, 0.2) is 11.6 Å². The molecule has 2 bridgehead atoms. The van der Waals surface area contributed by atoms with Crippen molar-refractivity contribution in [1.29, 1.82) is 0 Å². The minimum atomic E-state index is -0.891. The van der Waals surface area contributed by atoms with E-state index in [9.17, 15) is 19.2 Å². The van der Waals surface area contributed by atoms with Gasteiger partial charge in [0.05, 0.1) is 0 Å². The number of fused-ring (bicyclic) bond motifs is 1. The average molecular weight is 374 g/mol. The van der Waals surface area contributed by atoms with Crippen molar-refractivity contribution in [3.05, 3.63) is 35.5 Å². The number of rotatable bonds is 3. The molecule has 1 aliphatic carbocycles. The van der Waals surface area contributed by atoms with Gasteiger partial charge in [0.2, 0.25) is 0 Å². The second-order valence-electron chi connectivity index (χ2n) is 7.16. The molecular weight excluding hydrogens is 348 g/mol. The lowest BCUT2D eigenvalue weighted by Crippen LogP contribution is -2.31. The van der Waals surface area contributed by atoms with Crippen LogP contribution in [0.4, 0.5) is 0 Å². The normalized spacial score (nSPS) is 29.5. The fraction of sp³-hybridized carbons (Fsp3) is 0.524. The van der Waals surface area contributed by atoms with Crippen LogP contribution in [0.3, 0.4) is 0 Å². The molecule has 2 rings (SSSR count). The maximum atomic E-state index is 12.7. The van der Waals surface area contributed by atoms with Crippen molar-refractivity contribution in [3.8, 4) is 0 Å². The molecule has 0 spiro atoms. The van der Waals surface area contributed by atoms with Crippen LogP contribution < -0.4 is 0 Å². The first kappa shape index (κ1) is 21.0. The Labute approximate surface area is 159 Å². The van der Waals surface area contributed by atoms with Gasteiger partial charge in [-0.15, -0.1) is 0 Å². The molecule has 3 atom stereocenters. The molecule has 0 aromatic rings. The number of carbonyl (C=O) groups is 4. The molecule has 2 aliphatic rings. The molecular formula is C21H26O6. The summed E-state index contributed by atoms with van der Waals surface area (Å²) in [5.74, 6) is -2.05. The molecule has 0 fully saturated rings. The SMILES string of the molecule is C=C(C)C1CC(=O)C(OCC)CC(=O)/C=C(\C)C[C@H]2C=C(CC1=O)C(=O)O2. The van der Waals surface area contributed by atoms with E-state index in [4.69, 9.17) is 9.47 Å². The van der Waals surface area contributed by atoms with Crippen molar-refractivity contribution in [3.63, 3.8) is 0 Å². The Morgan fingerprint density at radius 2 is 1.89 bits per heavy atom. The van der Waals surface area contributed by atoms with Crippen molar-refractivity contribution in [2.75, 3.05) is 6.61 Å². The molecule has 0 saturated carbocycles. The minimum Gasteiger partial charge on any atom is -0.454 e. The van der Waals surface area contributed by atoms with Gasteiger partial charge < -0.3 is 9.47 Å². The van der Waals surface area contributed by atoms with Gasteiger partial charge in [-0.3, -0.25) is 14.4 Å². The zero-order chi connectivity index (χ0) is 20.1. The third-order valence-electron chi connectivity index (χ3n) is 4.71. The Morgan fingerprint density at radius 3 is 2.52 bits per heavy atom. The van der Waals surface area contributed by atoms with Crippen LogP contribution in [0.15, 0.2) is 35.5 Å². The maximum absolute atomic E-state index is 12.7. The fourth-order valence-electron chi connectivity index (χ4n) is 3.34. The first-order valence-corrected chi connectivity index (χ1v) is 9.15. The van der Waals surface area contributed by atoms with E-state index in [2.05, 4.69) is 6.58 Å². The highest BCUT2D eigenvalue weighted by Crippen LogP contribution is 2.27. The van der Waals surface area contributed by atoms with Gasteiger partial charge in [0, 0.05) is 43.8 Å². The maximum Gasteiger partial charge on any atom is 0.334 e. The van der Waals surface area contributed by atoms with Gasteiger partial charge in [-0.05, 0) is 32.9 Å². The van der Waals surface area contributed by atoms with Gasteiger partial charge in [0.25, 0.3) is 0 Å². The predicted molar refractivity (Wildman–Crippen MR) is 98.9 cm³/mol. The molecule has 27 heavy (non-hydrogen) atoms. The van der Waals surface area contributed by atoms with Crippen molar-refractivity contribution >= 4 is 23.3 Å². The van der Waals surface area contributed by atoms with E-state index in [1.807, 2.05) is 0 Å². The standard InChI is InChI=1S/C21H26O6/c1-5-26-20-10-15(22)6-13(4)7-16-8-14(21(25)27-16)9-18(23)17(12(2)3)11-19(20)24/h6,8,16-17,20H,2,5,7,9-11H2,1,3-4H3/b13-6+/t16-,17?,20?/m0/s1. The van der Waals surface area contributed by atoms with E-state index in [1.165, 1.54) is 6.08 Å². The third-order valence-corrected chi connectivity index (χ3v) is 4.71. The second-order valence-corrected chi connectivity index (χ2v) is 7.16. The number of carbonyl (C=O) groups excluding carboxylic acids is 4. The molecule has 0 N–H and O–H groups in total. The van der Waals surface area contributed by atoms with Gasteiger partial charge in [0.1, 0.15) is 18.0 Å². The highest BCUT2D eigenvalue weighted by Gasteiger charge is 2.33. The lowest BCUT2D eigenvalue weighted by atomic mass is 9.86. The summed E-state index contributed by atoms with van der Waals surface area (Å²) >= 11 is 0. The summed E-state index contributed by atoms with van der Waals surface area (Å²) in [5, 5.41) is 0. The fourth-order valence-corrected chi connectivity index (χ4v) is 3.34. The summed E-state index contributed by atoms with van der Waals surface area (Å²) in [6, 6.07) is 0. The number of hydrogen-bond acceptors (Lipinski definition) is 6. The molecule has 0 aromatic carbocycles. The van der Waals surface area contributed by atoms with Crippen molar-refractivity contribution in [2.24, 2.45) is 5.92 Å². The van der Waals surface area contributed by atoms with E-state index < -0.39 is 24.1 Å². The Balaban J connectivity index is 2.36. The summed E-state index contributed by atoms with van der Waals surface area (Å²) in [5.41, 5.74) is 1.57. The number of allylic oxidation sites excluding steroid dienone is 2. The first-order valence-electron chi connectivity index (χ1n) is 9.15. The lowest BCUT2D eigenvalue weighted by molar-refractivity contribution is -0.140. The zero-order valence-electron chi connectivity index (χ0n) is 16.1. The van der Waals surface area contributed by atoms with Crippen LogP contribution in [0.25, 0.3) is 0 Å².